The zero-order valence-corrected chi connectivity index (χ0v) is 13.2. The second kappa shape index (κ2) is 7.01. The summed E-state index contributed by atoms with van der Waals surface area (Å²) in [5.74, 6) is 1.36. The molecule has 1 amide bonds. The summed E-state index contributed by atoms with van der Waals surface area (Å²) in [5, 5.41) is 8.85. The van der Waals surface area contributed by atoms with Crippen molar-refractivity contribution >= 4 is 22.4 Å². The fourth-order valence-electron chi connectivity index (χ4n) is 1.82. The first-order chi connectivity index (χ1) is 11.2. The Bertz CT molecular complexity index is 786. The number of aromatic nitrogens is 3. The molecular formula is C15H14N4O3S. The number of benzene rings is 1. The normalized spacial score (nSPS) is 10.5. The summed E-state index contributed by atoms with van der Waals surface area (Å²) in [6.07, 6.45) is 2.33. The van der Waals surface area contributed by atoms with Crippen LogP contribution in [0.3, 0.4) is 0 Å². The van der Waals surface area contributed by atoms with Crippen LogP contribution in [0.2, 0.25) is 0 Å². The first-order valence-corrected chi connectivity index (χ1v) is 7.87. The van der Waals surface area contributed by atoms with E-state index in [0.717, 1.165) is 5.56 Å². The maximum atomic E-state index is 11.8. The van der Waals surface area contributed by atoms with Crippen molar-refractivity contribution in [3.8, 4) is 17.2 Å². The first-order valence-electron chi connectivity index (χ1n) is 6.99. The highest BCUT2D eigenvalue weighted by Crippen LogP contribution is 2.22. The topological polar surface area (TPSA) is 90.1 Å². The molecule has 0 unspecified atom stereocenters. The zero-order chi connectivity index (χ0) is 16.1. The van der Waals surface area contributed by atoms with Gasteiger partial charge in [0.05, 0.1) is 0 Å². The molecule has 2 aromatic heterocycles. The van der Waals surface area contributed by atoms with Crippen molar-refractivity contribution in [2.75, 3.05) is 11.9 Å². The number of hydrogen-bond donors (Lipinski definition) is 1. The summed E-state index contributed by atoms with van der Waals surface area (Å²) >= 11 is 1.35. The van der Waals surface area contributed by atoms with Crippen LogP contribution in [0.5, 0.6) is 5.75 Å². The molecule has 0 atom stereocenters. The smallest absolute Gasteiger partial charge is 0.264 e. The fourth-order valence-corrected chi connectivity index (χ4v) is 2.37. The Hall–Kier alpha value is -2.74. The van der Waals surface area contributed by atoms with E-state index in [9.17, 15) is 4.79 Å². The summed E-state index contributed by atoms with van der Waals surface area (Å²) in [6, 6.07) is 7.16. The van der Waals surface area contributed by atoms with Gasteiger partial charge in [-0.3, -0.25) is 10.1 Å². The lowest BCUT2D eigenvalue weighted by atomic mass is 10.2. The number of aryl methyl sites for hydroxylation is 1. The SMILES string of the molecule is CCc1noc(-c2cccc(OCC(=O)Nc3nccs3)c2)n1. The second-order valence-electron chi connectivity index (χ2n) is 4.57. The highest BCUT2D eigenvalue weighted by molar-refractivity contribution is 7.13. The predicted octanol–water partition coefficient (Wildman–Crippen LogP) is 2.77. The quantitative estimate of drug-likeness (QED) is 0.747. The number of anilines is 1. The molecule has 0 saturated heterocycles. The van der Waals surface area contributed by atoms with Crippen molar-refractivity contribution in [2.24, 2.45) is 0 Å². The van der Waals surface area contributed by atoms with E-state index in [1.807, 2.05) is 13.0 Å². The van der Waals surface area contributed by atoms with E-state index in [4.69, 9.17) is 9.26 Å². The Balaban J connectivity index is 1.62. The van der Waals surface area contributed by atoms with E-state index in [-0.39, 0.29) is 12.5 Å². The molecule has 0 aliphatic heterocycles. The third-order valence-electron chi connectivity index (χ3n) is 2.91. The van der Waals surface area contributed by atoms with E-state index < -0.39 is 0 Å². The lowest BCUT2D eigenvalue weighted by Gasteiger charge is -2.06. The summed E-state index contributed by atoms with van der Waals surface area (Å²) in [6.45, 7) is 1.85. The Labute approximate surface area is 136 Å². The van der Waals surface area contributed by atoms with Crippen molar-refractivity contribution in [3.05, 3.63) is 41.7 Å². The summed E-state index contributed by atoms with van der Waals surface area (Å²) in [4.78, 5) is 20.0. The number of amides is 1. The Kier molecular flexibility index (Phi) is 4.62. The van der Waals surface area contributed by atoms with Gasteiger partial charge >= 0.3 is 0 Å². The molecule has 0 radical (unpaired) electrons. The lowest BCUT2D eigenvalue weighted by Crippen LogP contribution is -2.19. The van der Waals surface area contributed by atoms with Crippen LogP contribution in [-0.4, -0.2) is 27.6 Å². The van der Waals surface area contributed by atoms with E-state index in [1.54, 1.807) is 29.8 Å². The van der Waals surface area contributed by atoms with Gasteiger partial charge in [-0.15, -0.1) is 11.3 Å². The van der Waals surface area contributed by atoms with Crippen LogP contribution in [0.25, 0.3) is 11.5 Å². The highest BCUT2D eigenvalue weighted by Gasteiger charge is 2.10. The molecule has 0 spiro atoms. The van der Waals surface area contributed by atoms with Gasteiger partial charge in [-0.1, -0.05) is 18.1 Å². The maximum Gasteiger partial charge on any atom is 0.264 e. The Morgan fingerprint density at radius 2 is 2.35 bits per heavy atom. The minimum atomic E-state index is -0.267. The molecule has 0 fully saturated rings. The predicted molar refractivity (Wildman–Crippen MR) is 85.4 cm³/mol. The molecule has 0 saturated carbocycles. The number of thiazole rings is 1. The van der Waals surface area contributed by atoms with E-state index in [0.29, 0.717) is 29.0 Å². The van der Waals surface area contributed by atoms with Crippen LogP contribution in [0.4, 0.5) is 5.13 Å². The van der Waals surface area contributed by atoms with Crippen molar-refractivity contribution in [2.45, 2.75) is 13.3 Å². The van der Waals surface area contributed by atoms with Crippen molar-refractivity contribution < 1.29 is 14.1 Å². The third-order valence-corrected chi connectivity index (χ3v) is 3.60. The number of ether oxygens (including phenoxy) is 1. The van der Waals surface area contributed by atoms with Crippen LogP contribution in [0, 0.1) is 0 Å². The minimum absolute atomic E-state index is 0.104. The Morgan fingerprint density at radius 3 is 3.09 bits per heavy atom. The molecule has 23 heavy (non-hydrogen) atoms. The number of hydrogen-bond acceptors (Lipinski definition) is 7. The number of nitrogens with zero attached hydrogens (tertiary/aromatic N) is 3. The van der Waals surface area contributed by atoms with E-state index in [2.05, 4.69) is 20.4 Å². The fraction of sp³-hybridized carbons (Fsp3) is 0.200. The Morgan fingerprint density at radius 1 is 1.43 bits per heavy atom. The number of carbonyl (C=O) groups is 1. The molecule has 1 aromatic carbocycles. The largest absolute Gasteiger partial charge is 0.484 e. The van der Waals surface area contributed by atoms with Gasteiger partial charge in [-0.25, -0.2) is 4.98 Å². The lowest BCUT2D eigenvalue weighted by molar-refractivity contribution is -0.118. The molecule has 0 aliphatic rings. The monoisotopic (exact) mass is 330 g/mol. The average Bonchev–Trinajstić information content (AvgIpc) is 3.24. The molecule has 8 heteroatoms. The van der Waals surface area contributed by atoms with Gasteiger partial charge in [0.25, 0.3) is 11.8 Å². The van der Waals surface area contributed by atoms with Crippen molar-refractivity contribution in [1.82, 2.24) is 15.1 Å². The number of nitrogens with one attached hydrogen (secondary N) is 1. The standard InChI is InChI=1S/C15H14N4O3S/c1-2-12-17-14(22-19-12)10-4-3-5-11(8-10)21-9-13(20)18-15-16-6-7-23-15/h3-8H,2,9H2,1H3,(H,16,18,20). The number of rotatable bonds is 6. The average molecular weight is 330 g/mol. The van der Waals surface area contributed by atoms with Crippen LogP contribution < -0.4 is 10.1 Å². The summed E-state index contributed by atoms with van der Waals surface area (Å²) < 4.78 is 10.7. The van der Waals surface area contributed by atoms with E-state index >= 15 is 0 Å². The van der Waals surface area contributed by atoms with Crippen LogP contribution in [0.1, 0.15) is 12.7 Å². The molecule has 3 rings (SSSR count). The van der Waals surface area contributed by atoms with Gasteiger partial charge < -0.3 is 9.26 Å². The molecule has 2 heterocycles. The van der Waals surface area contributed by atoms with Gasteiger partial charge in [0.2, 0.25) is 0 Å². The molecule has 1 N–H and O–H groups in total. The van der Waals surface area contributed by atoms with E-state index in [1.165, 1.54) is 11.3 Å². The van der Waals surface area contributed by atoms with Crippen LogP contribution in [0.15, 0.2) is 40.4 Å². The minimum Gasteiger partial charge on any atom is -0.484 e. The molecular weight excluding hydrogens is 316 g/mol. The number of carbonyl (C=O) groups excluding carboxylic acids is 1. The van der Waals surface area contributed by atoms with Gasteiger partial charge in [0.15, 0.2) is 17.6 Å². The summed E-state index contributed by atoms with van der Waals surface area (Å²) in [5.41, 5.74) is 0.745. The summed E-state index contributed by atoms with van der Waals surface area (Å²) in [7, 11) is 0. The molecule has 0 bridgehead atoms. The third kappa shape index (κ3) is 3.92. The molecule has 3 aromatic rings. The molecule has 7 nitrogen and oxygen atoms in total. The molecule has 0 aliphatic carbocycles. The maximum absolute atomic E-state index is 11.8. The van der Waals surface area contributed by atoms with Gasteiger partial charge in [0.1, 0.15) is 5.75 Å². The van der Waals surface area contributed by atoms with Gasteiger partial charge in [0, 0.05) is 23.6 Å². The van der Waals surface area contributed by atoms with Crippen LogP contribution >= 0.6 is 11.3 Å². The second-order valence-corrected chi connectivity index (χ2v) is 5.47. The van der Waals surface area contributed by atoms with Gasteiger partial charge in [-0.2, -0.15) is 4.98 Å². The van der Waals surface area contributed by atoms with Crippen molar-refractivity contribution in [1.29, 1.82) is 0 Å². The van der Waals surface area contributed by atoms with Crippen LogP contribution in [-0.2, 0) is 11.2 Å². The van der Waals surface area contributed by atoms with Crippen molar-refractivity contribution in [3.63, 3.8) is 0 Å². The van der Waals surface area contributed by atoms with Gasteiger partial charge in [-0.05, 0) is 18.2 Å². The first kappa shape index (κ1) is 15.2. The molecule has 118 valence electrons. The zero-order valence-electron chi connectivity index (χ0n) is 12.4. The highest BCUT2D eigenvalue weighted by atomic mass is 32.1.